The number of thioether (sulfide) groups is 1. The van der Waals surface area contributed by atoms with Crippen LogP contribution in [0.3, 0.4) is 0 Å². The zero-order valence-corrected chi connectivity index (χ0v) is 31.3. The molecule has 0 bridgehead atoms. The third-order valence-corrected chi connectivity index (χ3v) is 8.74. The highest BCUT2D eigenvalue weighted by Crippen LogP contribution is 2.17. The smallest absolute Gasteiger partial charge is 0.328 e. The van der Waals surface area contributed by atoms with Gasteiger partial charge in [0.1, 0.15) is 17.9 Å². The predicted octanol–water partition coefficient (Wildman–Crippen LogP) is 3.13. The first kappa shape index (κ1) is 42.3. The summed E-state index contributed by atoms with van der Waals surface area (Å²) in [5.41, 5.74) is 1.58. The molecule has 0 aliphatic carbocycles. The molecule has 0 aliphatic heterocycles. The average molecular weight is 718 g/mol. The molecule has 1 aromatic heterocycles. The van der Waals surface area contributed by atoms with E-state index in [-0.39, 0.29) is 37.9 Å². The summed E-state index contributed by atoms with van der Waals surface area (Å²) in [6.07, 6.45) is 6.03. The highest BCUT2D eigenvalue weighted by molar-refractivity contribution is 7.98. The first-order chi connectivity index (χ1) is 23.9. The zero-order chi connectivity index (χ0) is 37.1. The number of ether oxygens (including phenoxy) is 3. The number of amides is 2. The average Bonchev–Trinajstić information content (AvgIpc) is 3.44. The molecule has 50 heavy (non-hydrogen) atoms. The molecule has 0 aliphatic rings. The highest BCUT2D eigenvalue weighted by atomic mass is 32.2. The lowest BCUT2D eigenvalue weighted by atomic mass is 9.98. The second kappa shape index (κ2) is 22.7. The molecule has 2 aromatic rings. The van der Waals surface area contributed by atoms with Crippen molar-refractivity contribution in [1.29, 1.82) is 0 Å². The van der Waals surface area contributed by atoms with Crippen LogP contribution in [0, 0.1) is 11.8 Å². The SMILES string of the molecule is CCOC(=O)C[C@H](CCCc1nc(CN[C@H](C(=O)N[C@@H](Cc2ccccc2)C(=O)N[C@@H](CCSC)C(=O)OC)C(C)C)cn1C)C(=O)OCC. The van der Waals surface area contributed by atoms with E-state index in [1.54, 1.807) is 25.6 Å². The van der Waals surface area contributed by atoms with Gasteiger partial charge in [-0.3, -0.25) is 24.5 Å². The molecule has 0 spiro atoms. The number of aromatic nitrogens is 2. The van der Waals surface area contributed by atoms with Crippen LogP contribution < -0.4 is 16.0 Å². The lowest BCUT2D eigenvalue weighted by Gasteiger charge is -2.26. The van der Waals surface area contributed by atoms with Crippen LogP contribution in [0.4, 0.5) is 0 Å². The summed E-state index contributed by atoms with van der Waals surface area (Å²) >= 11 is 1.55. The van der Waals surface area contributed by atoms with Crippen LogP contribution in [-0.2, 0) is 64.6 Å². The largest absolute Gasteiger partial charge is 0.467 e. The molecule has 0 saturated heterocycles. The maximum atomic E-state index is 13.7. The minimum Gasteiger partial charge on any atom is -0.467 e. The van der Waals surface area contributed by atoms with Gasteiger partial charge in [-0.2, -0.15) is 11.8 Å². The van der Waals surface area contributed by atoms with Crippen molar-refractivity contribution in [2.75, 3.05) is 32.3 Å². The number of rotatable bonds is 23. The molecule has 0 fully saturated rings. The Bertz CT molecular complexity index is 1370. The number of nitrogens with zero attached hydrogens (tertiary/aromatic N) is 2. The third-order valence-electron chi connectivity index (χ3n) is 8.09. The van der Waals surface area contributed by atoms with Crippen LogP contribution >= 0.6 is 11.8 Å². The maximum Gasteiger partial charge on any atom is 0.328 e. The number of aryl methyl sites for hydroxylation is 2. The monoisotopic (exact) mass is 717 g/mol. The number of nitrogens with one attached hydrogen (secondary N) is 3. The number of methoxy groups -OCH3 is 1. The molecule has 1 heterocycles. The van der Waals surface area contributed by atoms with Crippen LogP contribution in [0.15, 0.2) is 36.5 Å². The van der Waals surface area contributed by atoms with Crippen LogP contribution in [0.2, 0.25) is 0 Å². The van der Waals surface area contributed by atoms with Gasteiger partial charge >= 0.3 is 17.9 Å². The van der Waals surface area contributed by atoms with Crippen molar-refractivity contribution in [3.05, 3.63) is 53.6 Å². The van der Waals surface area contributed by atoms with E-state index in [9.17, 15) is 24.0 Å². The van der Waals surface area contributed by atoms with Crippen molar-refractivity contribution < 1.29 is 38.2 Å². The quantitative estimate of drug-likeness (QED) is 0.114. The van der Waals surface area contributed by atoms with Gasteiger partial charge in [0.15, 0.2) is 0 Å². The van der Waals surface area contributed by atoms with Gasteiger partial charge in [-0.15, -0.1) is 0 Å². The summed E-state index contributed by atoms with van der Waals surface area (Å²) in [4.78, 5) is 68.9. The Hall–Kier alpha value is -3.91. The second-order valence-corrected chi connectivity index (χ2v) is 13.3. The molecule has 14 heteroatoms. The molecule has 0 unspecified atom stereocenters. The number of esters is 3. The van der Waals surface area contributed by atoms with Gasteiger partial charge in [0.25, 0.3) is 0 Å². The molecule has 2 rings (SSSR count). The summed E-state index contributed by atoms with van der Waals surface area (Å²) < 4.78 is 17.0. The first-order valence-electron chi connectivity index (χ1n) is 17.2. The molecule has 0 saturated carbocycles. The van der Waals surface area contributed by atoms with E-state index in [1.165, 1.54) is 7.11 Å². The fourth-order valence-electron chi connectivity index (χ4n) is 5.45. The second-order valence-electron chi connectivity index (χ2n) is 12.3. The van der Waals surface area contributed by atoms with Gasteiger partial charge in [-0.05, 0) is 56.6 Å². The van der Waals surface area contributed by atoms with Gasteiger partial charge in [0.2, 0.25) is 11.8 Å². The van der Waals surface area contributed by atoms with Crippen molar-refractivity contribution in [2.24, 2.45) is 18.9 Å². The molecular weight excluding hydrogens is 662 g/mol. The summed E-state index contributed by atoms with van der Waals surface area (Å²) in [7, 11) is 3.16. The molecule has 0 radical (unpaired) electrons. The zero-order valence-electron chi connectivity index (χ0n) is 30.5. The number of carbonyl (C=O) groups is 5. The van der Waals surface area contributed by atoms with Crippen molar-refractivity contribution in [1.82, 2.24) is 25.5 Å². The standard InChI is InChI=1S/C36H55N5O8S/c1-8-48-31(42)21-26(35(45)49-9-2)16-13-17-30-38-27(23-41(30)5)22-37-32(24(3)4)34(44)40-29(20-25-14-11-10-12-15-25)33(43)39-28(18-19-50-7)36(46)47-6/h10-12,14-15,23-24,26,28-29,32,37H,8-9,13,16-22H2,1-7H3,(H,39,43)(H,40,44)/t26-,28-,29-,32-/m0/s1. The Kier molecular flexibility index (Phi) is 19.2. The lowest BCUT2D eigenvalue weighted by molar-refractivity contribution is -0.155. The minimum absolute atomic E-state index is 0.0290. The molecule has 13 nitrogen and oxygen atoms in total. The fraction of sp³-hybridized carbons (Fsp3) is 0.611. The van der Waals surface area contributed by atoms with E-state index >= 15 is 0 Å². The summed E-state index contributed by atoms with van der Waals surface area (Å²) in [5, 5.41) is 9.03. The normalized spacial score (nSPS) is 13.5. The molecule has 3 N–H and O–H groups in total. The van der Waals surface area contributed by atoms with Crippen molar-refractivity contribution >= 4 is 41.5 Å². The van der Waals surface area contributed by atoms with Gasteiger partial charge < -0.3 is 29.4 Å². The number of hydrogen-bond donors (Lipinski definition) is 3. The fourth-order valence-corrected chi connectivity index (χ4v) is 5.92. The first-order valence-corrected chi connectivity index (χ1v) is 18.6. The molecule has 2 amide bonds. The summed E-state index contributed by atoms with van der Waals surface area (Å²) in [6, 6.07) is 6.96. The van der Waals surface area contributed by atoms with Crippen LogP contribution in [0.5, 0.6) is 0 Å². The van der Waals surface area contributed by atoms with E-state index in [1.807, 2.05) is 68.2 Å². The van der Waals surface area contributed by atoms with Crippen molar-refractivity contribution in [2.45, 2.75) is 90.9 Å². The van der Waals surface area contributed by atoms with Crippen molar-refractivity contribution in [3.8, 4) is 0 Å². The highest BCUT2D eigenvalue weighted by Gasteiger charge is 2.31. The van der Waals surface area contributed by atoms with Gasteiger partial charge in [0.05, 0.1) is 44.4 Å². The summed E-state index contributed by atoms with van der Waals surface area (Å²) in [5.74, 6) is -1.46. The van der Waals surface area contributed by atoms with Gasteiger partial charge in [0, 0.05) is 32.6 Å². The number of carbonyl (C=O) groups excluding carboxylic acids is 5. The van der Waals surface area contributed by atoms with Crippen LogP contribution in [-0.4, -0.2) is 89.7 Å². The third kappa shape index (κ3) is 14.5. The Morgan fingerprint density at radius 2 is 1.60 bits per heavy atom. The predicted molar refractivity (Wildman–Crippen MR) is 192 cm³/mol. The molecular formula is C36H55N5O8S. The molecule has 278 valence electrons. The Morgan fingerprint density at radius 1 is 0.920 bits per heavy atom. The number of benzene rings is 1. The van der Waals surface area contributed by atoms with E-state index in [4.69, 9.17) is 19.2 Å². The van der Waals surface area contributed by atoms with Gasteiger partial charge in [-0.1, -0.05) is 44.2 Å². The van der Waals surface area contributed by atoms with Crippen LogP contribution in [0.25, 0.3) is 0 Å². The van der Waals surface area contributed by atoms with E-state index in [2.05, 4.69) is 16.0 Å². The maximum absolute atomic E-state index is 13.7. The minimum atomic E-state index is -0.932. The Morgan fingerprint density at radius 3 is 2.22 bits per heavy atom. The topological polar surface area (TPSA) is 167 Å². The molecule has 4 atom stereocenters. The Balaban J connectivity index is 2.11. The van der Waals surface area contributed by atoms with Crippen LogP contribution in [0.1, 0.15) is 70.5 Å². The molecule has 1 aromatic carbocycles. The van der Waals surface area contributed by atoms with E-state index < -0.39 is 47.9 Å². The van der Waals surface area contributed by atoms with Crippen molar-refractivity contribution in [3.63, 3.8) is 0 Å². The van der Waals surface area contributed by atoms with E-state index in [0.717, 1.165) is 17.1 Å². The lowest BCUT2D eigenvalue weighted by Crippen LogP contribution is -2.57. The van der Waals surface area contributed by atoms with Gasteiger partial charge in [-0.25, -0.2) is 9.78 Å². The number of imidazole rings is 1. The summed E-state index contributed by atoms with van der Waals surface area (Å²) in [6.45, 7) is 8.06. The van der Waals surface area contributed by atoms with E-state index in [0.29, 0.717) is 38.0 Å². The Labute approximate surface area is 300 Å². The number of hydrogen-bond acceptors (Lipinski definition) is 11.